The summed E-state index contributed by atoms with van der Waals surface area (Å²) < 4.78 is 33.2. The summed E-state index contributed by atoms with van der Waals surface area (Å²) in [7, 11) is -3.63. The Labute approximate surface area is 202 Å². The molecule has 1 amide bonds. The average Bonchev–Trinajstić information content (AvgIpc) is 3.27. The Morgan fingerprint density at radius 1 is 1.21 bits per heavy atom. The topological polar surface area (TPSA) is 114 Å². The van der Waals surface area contributed by atoms with Gasteiger partial charge in [-0.2, -0.15) is 4.31 Å². The summed E-state index contributed by atoms with van der Waals surface area (Å²) in [5.41, 5.74) is 1.29. The van der Waals surface area contributed by atoms with Gasteiger partial charge in [0, 0.05) is 24.8 Å². The molecule has 12 heteroatoms. The van der Waals surface area contributed by atoms with Gasteiger partial charge in [0.25, 0.3) is 0 Å². The maximum atomic E-state index is 12.9. The fraction of sp³-hybridized carbons (Fsp3) is 0.571. The van der Waals surface area contributed by atoms with Crippen molar-refractivity contribution in [3.8, 4) is 0 Å². The molecular weight excluding hydrogens is 482 g/mol. The molecule has 180 valence electrons. The molecule has 4 rings (SSSR count). The smallest absolute Gasteiger partial charge is 0.243 e. The number of aryl methyl sites for hydroxylation is 1. The summed E-state index contributed by atoms with van der Waals surface area (Å²) in [6.45, 7) is 3.26. The van der Waals surface area contributed by atoms with Crippen molar-refractivity contribution >= 4 is 49.8 Å². The number of hydrogen-bond acceptors (Lipinski definition) is 9. The van der Waals surface area contributed by atoms with Crippen LogP contribution in [0.4, 0.5) is 10.8 Å². The molecule has 0 radical (unpaired) electrons. The molecule has 9 nitrogen and oxygen atoms in total. The van der Waals surface area contributed by atoms with Crippen molar-refractivity contribution in [1.82, 2.24) is 14.5 Å². The van der Waals surface area contributed by atoms with E-state index in [1.54, 1.807) is 12.1 Å². The van der Waals surface area contributed by atoms with Crippen molar-refractivity contribution in [2.24, 2.45) is 0 Å². The van der Waals surface area contributed by atoms with Crippen LogP contribution in [0.1, 0.15) is 37.7 Å². The van der Waals surface area contributed by atoms with Gasteiger partial charge in [-0.1, -0.05) is 48.4 Å². The summed E-state index contributed by atoms with van der Waals surface area (Å²) in [6, 6.07) is 5.27. The van der Waals surface area contributed by atoms with Gasteiger partial charge in [-0.3, -0.25) is 4.79 Å². The van der Waals surface area contributed by atoms with E-state index in [1.807, 2.05) is 6.92 Å². The van der Waals surface area contributed by atoms with Gasteiger partial charge in [-0.25, -0.2) is 8.42 Å². The highest BCUT2D eigenvalue weighted by atomic mass is 32.2. The molecule has 1 saturated heterocycles. The van der Waals surface area contributed by atoms with Crippen molar-refractivity contribution in [2.75, 3.05) is 42.7 Å². The van der Waals surface area contributed by atoms with Crippen LogP contribution in [0.15, 0.2) is 27.4 Å². The zero-order chi connectivity index (χ0) is 23.3. The summed E-state index contributed by atoms with van der Waals surface area (Å²) in [5.74, 6) is -0.0567. The first kappa shape index (κ1) is 24.4. The van der Waals surface area contributed by atoms with E-state index in [4.69, 9.17) is 4.74 Å². The molecule has 1 aliphatic carbocycles. The van der Waals surface area contributed by atoms with Crippen LogP contribution in [0.3, 0.4) is 0 Å². The van der Waals surface area contributed by atoms with E-state index in [0.29, 0.717) is 38.0 Å². The summed E-state index contributed by atoms with van der Waals surface area (Å²) >= 11 is 2.78. The van der Waals surface area contributed by atoms with Gasteiger partial charge in [0.1, 0.15) is 0 Å². The van der Waals surface area contributed by atoms with Crippen LogP contribution in [0, 0.1) is 6.92 Å². The monoisotopic (exact) mass is 511 g/mol. The fourth-order valence-corrected chi connectivity index (χ4v) is 6.96. The molecule has 0 unspecified atom stereocenters. The van der Waals surface area contributed by atoms with Gasteiger partial charge >= 0.3 is 0 Å². The maximum absolute atomic E-state index is 12.9. The molecule has 2 fully saturated rings. The second kappa shape index (κ2) is 11.1. The van der Waals surface area contributed by atoms with Crippen molar-refractivity contribution < 1.29 is 17.9 Å². The van der Waals surface area contributed by atoms with E-state index in [0.717, 1.165) is 27.9 Å². The number of nitrogens with one attached hydrogen (secondary N) is 2. The highest BCUT2D eigenvalue weighted by Crippen LogP contribution is 2.29. The minimum atomic E-state index is -3.63. The normalized spacial score (nSPS) is 18.2. The molecule has 2 aromatic rings. The average molecular weight is 512 g/mol. The van der Waals surface area contributed by atoms with Gasteiger partial charge in [0.2, 0.25) is 21.1 Å². The number of hydrogen-bond donors (Lipinski definition) is 2. The Kier molecular flexibility index (Phi) is 8.23. The number of aromatic nitrogens is 2. The zero-order valence-electron chi connectivity index (χ0n) is 18.6. The fourth-order valence-electron chi connectivity index (χ4n) is 3.89. The number of carbonyl (C=O) groups is 1. The summed E-state index contributed by atoms with van der Waals surface area (Å²) in [4.78, 5) is 12.7. The molecule has 0 atom stereocenters. The quantitative estimate of drug-likeness (QED) is 0.519. The molecule has 2 N–H and O–H groups in total. The third kappa shape index (κ3) is 6.44. The van der Waals surface area contributed by atoms with E-state index in [9.17, 15) is 13.2 Å². The van der Waals surface area contributed by atoms with Crippen molar-refractivity contribution in [2.45, 2.75) is 54.3 Å². The van der Waals surface area contributed by atoms with Crippen molar-refractivity contribution in [3.05, 3.63) is 23.8 Å². The van der Waals surface area contributed by atoms with Crippen LogP contribution >= 0.6 is 23.1 Å². The number of benzene rings is 1. The van der Waals surface area contributed by atoms with Crippen LogP contribution in [0.25, 0.3) is 0 Å². The molecule has 33 heavy (non-hydrogen) atoms. The Hall–Kier alpha value is -1.73. The first-order valence-electron chi connectivity index (χ1n) is 11.1. The van der Waals surface area contributed by atoms with Gasteiger partial charge in [-0.05, 0) is 37.5 Å². The Morgan fingerprint density at radius 3 is 2.73 bits per heavy atom. The molecular formula is C21H29N5O4S3. The van der Waals surface area contributed by atoms with Crippen LogP contribution in [-0.4, -0.2) is 66.9 Å². The number of morpholine rings is 1. The highest BCUT2D eigenvalue weighted by Gasteiger charge is 2.27. The summed E-state index contributed by atoms with van der Waals surface area (Å²) in [6.07, 6.45) is 6.10. The van der Waals surface area contributed by atoms with Gasteiger partial charge < -0.3 is 15.4 Å². The van der Waals surface area contributed by atoms with E-state index < -0.39 is 10.0 Å². The summed E-state index contributed by atoms with van der Waals surface area (Å²) in [5, 5.41) is 15.4. The Balaban J connectivity index is 1.33. The van der Waals surface area contributed by atoms with Crippen molar-refractivity contribution in [3.63, 3.8) is 0 Å². The first-order valence-corrected chi connectivity index (χ1v) is 14.4. The number of rotatable bonds is 8. The number of sulfonamides is 1. The molecule has 1 aromatic heterocycles. The molecule has 0 bridgehead atoms. The zero-order valence-corrected chi connectivity index (χ0v) is 21.0. The third-order valence-electron chi connectivity index (χ3n) is 5.76. The predicted molar refractivity (Wildman–Crippen MR) is 131 cm³/mol. The minimum Gasteiger partial charge on any atom is -0.379 e. The van der Waals surface area contributed by atoms with Gasteiger partial charge in [0.05, 0.1) is 23.9 Å². The minimum absolute atomic E-state index is 0.165. The SMILES string of the molecule is Cc1ccc(S(=O)(=O)N2CCOCC2)cc1NC(=O)CSc1nnc(NC2CCCCC2)s1. The van der Waals surface area contributed by atoms with Crippen LogP contribution in [-0.2, 0) is 19.6 Å². The van der Waals surface area contributed by atoms with Gasteiger partial charge in [0.15, 0.2) is 4.34 Å². The number of carbonyl (C=O) groups excluding carboxylic acids is 1. The largest absolute Gasteiger partial charge is 0.379 e. The predicted octanol–water partition coefficient (Wildman–Crippen LogP) is 3.34. The molecule has 1 aliphatic heterocycles. The number of amides is 1. The van der Waals surface area contributed by atoms with E-state index in [2.05, 4.69) is 20.8 Å². The van der Waals surface area contributed by atoms with Crippen molar-refractivity contribution in [1.29, 1.82) is 0 Å². The van der Waals surface area contributed by atoms with E-state index >= 15 is 0 Å². The number of nitrogens with zero attached hydrogens (tertiary/aromatic N) is 3. The molecule has 1 aromatic carbocycles. The first-order chi connectivity index (χ1) is 15.9. The lowest BCUT2D eigenvalue weighted by Crippen LogP contribution is -2.40. The number of thioether (sulfide) groups is 1. The highest BCUT2D eigenvalue weighted by molar-refractivity contribution is 8.01. The molecule has 0 spiro atoms. The maximum Gasteiger partial charge on any atom is 0.243 e. The second-order valence-electron chi connectivity index (χ2n) is 8.18. The Morgan fingerprint density at radius 2 is 1.97 bits per heavy atom. The molecule has 1 saturated carbocycles. The lowest BCUT2D eigenvalue weighted by Gasteiger charge is -2.26. The molecule has 2 aliphatic rings. The van der Waals surface area contributed by atoms with E-state index in [1.165, 1.54) is 52.7 Å². The van der Waals surface area contributed by atoms with Crippen LogP contribution < -0.4 is 10.6 Å². The molecule has 2 heterocycles. The van der Waals surface area contributed by atoms with Gasteiger partial charge in [-0.15, -0.1) is 10.2 Å². The Bertz CT molecular complexity index is 1060. The number of ether oxygens (including phenoxy) is 1. The number of anilines is 2. The third-order valence-corrected chi connectivity index (χ3v) is 9.64. The van der Waals surface area contributed by atoms with Crippen LogP contribution in [0.2, 0.25) is 0 Å². The van der Waals surface area contributed by atoms with E-state index in [-0.39, 0.29) is 16.6 Å². The standard InChI is InChI=1S/C21H29N5O4S3/c1-15-7-8-17(33(28,29)26-9-11-30-12-10-26)13-18(15)23-19(27)14-31-21-25-24-20(32-21)22-16-5-3-2-4-6-16/h7-8,13,16H,2-6,9-12,14H2,1H3,(H,22,24)(H,23,27). The second-order valence-corrected chi connectivity index (χ2v) is 12.3. The lowest BCUT2D eigenvalue weighted by molar-refractivity contribution is -0.113. The van der Waals surface area contributed by atoms with Crippen LogP contribution in [0.5, 0.6) is 0 Å². The lowest BCUT2D eigenvalue weighted by atomic mass is 9.96.